The van der Waals surface area contributed by atoms with Crippen LogP contribution in [0.3, 0.4) is 0 Å². The normalized spacial score (nSPS) is 11.6. The van der Waals surface area contributed by atoms with Gasteiger partial charge in [0.25, 0.3) is 5.91 Å². The second-order valence-corrected chi connectivity index (χ2v) is 7.91. The molecule has 1 aromatic rings. The van der Waals surface area contributed by atoms with Crippen LogP contribution in [0, 0.1) is 0 Å². The molecule has 33 heavy (non-hydrogen) atoms. The second kappa shape index (κ2) is 14.7. The number of carbonyl (C=O) groups is 3. The van der Waals surface area contributed by atoms with Crippen LogP contribution in [0.2, 0.25) is 0 Å². The van der Waals surface area contributed by atoms with Crippen LogP contribution in [0.1, 0.15) is 74.2 Å². The topological polar surface area (TPSA) is 121 Å². The number of hydrogen-bond donors (Lipinski definition) is 2. The second-order valence-electron chi connectivity index (χ2n) is 7.91. The number of aromatic nitrogens is 1. The van der Waals surface area contributed by atoms with E-state index in [0.717, 1.165) is 31.3 Å². The lowest BCUT2D eigenvalue weighted by molar-refractivity contribution is -0.118. The van der Waals surface area contributed by atoms with Crippen LogP contribution in [-0.2, 0) is 9.53 Å². The fourth-order valence-corrected chi connectivity index (χ4v) is 2.80. The summed E-state index contributed by atoms with van der Waals surface area (Å²) in [5, 5.41) is 2.08. The average molecular weight is 458 g/mol. The summed E-state index contributed by atoms with van der Waals surface area (Å²) in [6.45, 7) is 8.15. The van der Waals surface area contributed by atoms with Gasteiger partial charge < -0.3 is 15.2 Å². The summed E-state index contributed by atoms with van der Waals surface area (Å²) in [6, 6.07) is 1.34. The van der Waals surface area contributed by atoms with Crippen molar-refractivity contribution < 1.29 is 23.9 Å². The minimum Gasteiger partial charge on any atom is -0.494 e. The lowest BCUT2D eigenvalue weighted by atomic mass is 10.1. The largest absolute Gasteiger partial charge is 0.494 e. The molecule has 0 aliphatic heterocycles. The van der Waals surface area contributed by atoms with E-state index in [-0.39, 0.29) is 30.2 Å². The van der Waals surface area contributed by atoms with Crippen LogP contribution < -0.4 is 15.8 Å². The first-order valence-corrected chi connectivity index (χ1v) is 10.9. The molecule has 0 atom stereocenters. The van der Waals surface area contributed by atoms with Crippen LogP contribution in [0.4, 0.5) is 0 Å². The molecule has 8 heteroatoms. The third-order valence-corrected chi connectivity index (χ3v) is 4.73. The van der Waals surface area contributed by atoms with Crippen LogP contribution in [0.15, 0.2) is 47.2 Å². The van der Waals surface area contributed by atoms with E-state index in [1.165, 1.54) is 30.5 Å². The van der Waals surface area contributed by atoms with Gasteiger partial charge in [-0.05, 0) is 65.5 Å². The monoisotopic (exact) mass is 457 g/mol. The van der Waals surface area contributed by atoms with E-state index in [2.05, 4.69) is 43.2 Å². The first-order chi connectivity index (χ1) is 15.7. The molecule has 0 unspecified atom stereocenters. The van der Waals surface area contributed by atoms with Crippen molar-refractivity contribution >= 4 is 17.8 Å². The van der Waals surface area contributed by atoms with Crippen molar-refractivity contribution in [3.05, 3.63) is 58.5 Å². The number of carbonyl (C=O) groups excluding carboxylic acids is 3. The van der Waals surface area contributed by atoms with E-state index in [4.69, 9.17) is 15.2 Å². The minimum absolute atomic E-state index is 0.0465. The van der Waals surface area contributed by atoms with Gasteiger partial charge in [-0.1, -0.05) is 28.9 Å². The average Bonchev–Trinajstić information content (AvgIpc) is 2.78. The number of pyridine rings is 1. The molecule has 0 saturated heterocycles. The number of allylic oxidation sites excluding steroid dienone is 5. The number of hydrogen-bond acceptors (Lipinski definition) is 7. The molecule has 0 aliphatic rings. The zero-order valence-electron chi connectivity index (χ0n) is 20.2. The summed E-state index contributed by atoms with van der Waals surface area (Å²) in [4.78, 5) is 39.6. The smallest absolute Gasteiger partial charge is 0.340 e. The number of nitrogens with zero attached hydrogens (tertiary/aromatic N) is 1. The summed E-state index contributed by atoms with van der Waals surface area (Å²) in [5.41, 5.74) is 9.03. The maximum Gasteiger partial charge on any atom is 0.340 e. The highest BCUT2D eigenvalue weighted by Gasteiger charge is 2.19. The van der Waals surface area contributed by atoms with Crippen LogP contribution in [0.25, 0.3) is 0 Å². The Morgan fingerprint density at radius 3 is 2.27 bits per heavy atom. The number of amides is 2. The highest BCUT2D eigenvalue weighted by atomic mass is 16.5. The summed E-state index contributed by atoms with van der Waals surface area (Å²) < 4.78 is 10.4. The maximum absolute atomic E-state index is 12.3. The molecule has 0 spiro atoms. The Hall–Kier alpha value is -3.26. The first kappa shape index (κ1) is 27.8. The van der Waals surface area contributed by atoms with Gasteiger partial charge in [-0.15, -0.1) is 0 Å². The highest BCUT2D eigenvalue weighted by molar-refractivity contribution is 6.06. The van der Waals surface area contributed by atoms with Crippen molar-refractivity contribution in [2.45, 2.75) is 53.4 Å². The Labute approximate surface area is 195 Å². The molecule has 8 nitrogen and oxygen atoms in total. The van der Waals surface area contributed by atoms with Crippen molar-refractivity contribution in [2.75, 3.05) is 20.3 Å². The van der Waals surface area contributed by atoms with Crippen LogP contribution >= 0.6 is 0 Å². The molecule has 0 radical (unpaired) electrons. The lowest BCUT2D eigenvalue weighted by Crippen LogP contribution is -2.36. The highest BCUT2D eigenvalue weighted by Crippen LogP contribution is 2.18. The van der Waals surface area contributed by atoms with E-state index in [9.17, 15) is 14.4 Å². The minimum atomic E-state index is -0.762. The number of ether oxygens (including phenoxy) is 2. The van der Waals surface area contributed by atoms with Crippen molar-refractivity contribution in [2.24, 2.45) is 5.73 Å². The van der Waals surface area contributed by atoms with E-state index >= 15 is 0 Å². The summed E-state index contributed by atoms with van der Waals surface area (Å²) in [7, 11) is 1.33. The molecular weight excluding hydrogens is 422 g/mol. The number of methoxy groups -OCH3 is 1. The Morgan fingerprint density at radius 1 is 1.03 bits per heavy atom. The van der Waals surface area contributed by atoms with E-state index in [0.29, 0.717) is 0 Å². The number of esters is 1. The van der Waals surface area contributed by atoms with Gasteiger partial charge in [-0.2, -0.15) is 0 Å². The summed E-state index contributed by atoms with van der Waals surface area (Å²) in [6.07, 6.45) is 11.5. The molecule has 0 bridgehead atoms. The SMILES string of the molecule is COc1cc(C(=O)OCC=C(C)CCC=C(C)CCC=C(C)C)cnc1C(=O)NC(=O)CN. The van der Waals surface area contributed by atoms with E-state index in [1.54, 1.807) is 0 Å². The number of imide groups is 1. The van der Waals surface area contributed by atoms with Gasteiger partial charge >= 0.3 is 5.97 Å². The number of nitrogens with one attached hydrogen (secondary N) is 1. The lowest BCUT2D eigenvalue weighted by Gasteiger charge is -2.09. The van der Waals surface area contributed by atoms with Gasteiger partial charge in [-0.25, -0.2) is 9.78 Å². The van der Waals surface area contributed by atoms with E-state index < -0.39 is 17.8 Å². The molecule has 1 rings (SSSR count). The Balaban J connectivity index is 2.59. The van der Waals surface area contributed by atoms with Crippen LogP contribution in [-0.4, -0.2) is 43.0 Å². The van der Waals surface area contributed by atoms with Gasteiger partial charge in [0.2, 0.25) is 5.91 Å². The Kier molecular flexibility index (Phi) is 12.4. The van der Waals surface area contributed by atoms with Gasteiger partial charge in [0.1, 0.15) is 6.61 Å². The van der Waals surface area contributed by atoms with Crippen molar-refractivity contribution in [1.82, 2.24) is 10.3 Å². The Morgan fingerprint density at radius 2 is 1.67 bits per heavy atom. The fourth-order valence-electron chi connectivity index (χ4n) is 2.80. The molecule has 0 fully saturated rings. The third kappa shape index (κ3) is 10.7. The van der Waals surface area contributed by atoms with Gasteiger partial charge in [0.05, 0.1) is 19.2 Å². The van der Waals surface area contributed by atoms with Gasteiger partial charge in [0, 0.05) is 6.20 Å². The molecule has 3 N–H and O–H groups in total. The molecule has 0 saturated carbocycles. The molecule has 1 aromatic heterocycles. The molecule has 2 amide bonds. The Bertz CT molecular complexity index is 928. The molecule has 0 aliphatic carbocycles. The van der Waals surface area contributed by atoms with Gasteiger partial charge in [0.15, 0.2) is 11.4 Å². The maximum atomic E-state index is 12.3. The molecule has 1 heterocycles. The molecule has 180 valence electrons. The standard InChI is InChI=1S/C25H35N3O5/c1-17(2)8-6-9-18(3)10-7-11-19(4)12-13-33-25(31)20-14-21(32-5)23(27-16-20)24(30)28-22(29)15-26/h8,10,12,14,16H,6-7,9,11,13,15,26H2,1-5H3,(H,28,29,30). The van der Waals surface area contributed by atoms with Gasteiger partial charge in [-0.3, -0.25) is 14.9 Å². The zero-order chi connectivity index (χ0) is 24.8. The number of nitrogens with two attached hydrogens (primary N) is 1. The molecule has 0 aromatic carbocycles. The third-order valence-electron chi connectivity index (χ3n) is 4.73. The fraction of sp³-hybridized carbons (Fsp3) is 0.440. The van der Waals surface area contributed by atoms with Crippen molar-refractivity contribution in [3.8, 4) is 5.75 Å². The first-order valence-electron chi connectivity index (χ1n) is 10.9. The molecular formula is C25H35N3O5. The zero-order valence-corrected chi connectivity index (χ0v) is 20.2. The quantitative estimate of drug-likeness (QED) is 0.361. The van der Waals surface area contributed by atoms with Crippen LogP contribution in [0.5, 0.6) is 5.75 Å². The summed E-state index contributed by atoms with van der Waals surface area (Å²) in [5.74, 6) is -1.96. The number of rotatable bonds is 12. The predicted octanol–water partition coefficient (Wildman–Crippen LogP) is 3.88. The van der Waals surface area contributed by atoms with E-state index in [1.807, 2.05) is 13.0 Å². The predicted molar refractivity (Wildman–Crippen MR) is 128 cm³/mol. The summed E-state index contributed by atoms with van der Waals surface area (Å²) >= 11 is 0. The van der Waals surface area contributed by atoms with Crippen molar-refractivity contribution in [3.63, 3.8) is 0 Å². The van der Waals surface area contributed by atoms with Crippen molar-refractivity contribution in [1.29, 1.82) is 0 Å².